The summed E-state index contributed by atoms with van der Waals surface area (Å²) in [6, 6.07) is -1.47. The van der Waals surface area contributed by atoms with Crippen molar-refractivity contribution in [1.82, 2.24) is 0 Å². The van der Waals surface area contributed by atoms with Gasteiger partial charge >= 0.3 is 19.8 Å². The lowest BCUT2D eigenvalue weighted by Crippen LogP contribution is -2.34. The second-order valence-electron chi connectivity index (χ2n) is 17.0. The summed E-state index contributed by atoms with van der Waals surface area (Å²) < 4.78 is 33.5. The predicted octanol–water partition coefficient (Wildman–Crippen LogP) is 14.4. The molecule has 3 atom stereocenters. The molecule has 0 saturated carbocycles. The highest BCUT2D eigenvalue weighted by atomic mass is 31.2. The Morgan fingerprint density at radius 1 is 0.525 bits per heavy atom. The third-order valence-corrected chi connectivity index (χ3v) is 11.9. The molecule has 0 aromatic carbocycles. The topological polar surface area (TPSA) is 155 Å². The van der Waals surface area contributed by atoms with Crippen molar-refractivity contribution in [2.75, 3.05) is 26.4 Å². The zero-order chi connectivity index (χ0) is 44.8. The van der Waals surface area contributed by atoms with Crippen molar-refractivity contribution >= 4 is 19.8 Å². The third kappa shape index (κ3) is 46.0. The number of carboxylic acid groups (broad SMARTS) is 1. The molecule has 0 aromatic rings. The number of phosphoric ester groups is 1. The molecule has 0 aliphatic heterocycles. The van der Waals surface area contributed by atoms with Gasteiger partial charge in [0.25, 0.3) is 0 Å². The standard InChI is InChI=1S/C50H94NO9P/c1-3-5-7-9-11-13-15-17-19-20-21-22-23-24-25-26-27-29-31-33-35-37-39-41-43-57-44-47(45-58-61(55,56)59-46-48(51)50(53)54)60-49(52)42-40-38-36-34-32-30-28-18-16-14-12-10-8-6-4-2/h15,17,20-21,23-24,47-48H,3-14,16,18-19,22,25-46,51H2,1-2H3,(H,53,54)(H,55,56)/b17-15-,21-20-,24-23-. The predicted molar refractivity (Wildman–Crippen MR) is 254 cm³/mol. The molecule has 0 aromatic heterocycles. The van der Waals surface area contributed by atoms with Crippen LogP contribution in [0.1, 0.15) is 232 Å². The van der Waals surface area contributed by atoms with Gasteiger partial charge in [0.2, 0.25) is 0 Å². The lowest BCUT2D eigenvalue weighted by molar-refractivity contribution is -0.154. The van der Waals surface area contributed by atoms with Crippen LogP contribution in [-0.4, -0.2) is 60.5 Å². The Kier molecular flexibility index (Phi) is 44.8. The van der Waals surface area contributed by atoms with E-state index < -0.39 is 45.1 Å². The molecule has 0 aliphatic rings. The lowest BCUT2D eigenvalue weighted by Gasteiger charge is -2.20. The molecule has 61 heavy (non-hydrogen) atoms. The average molecular weight is 884 g/mol. The average Bonchev–Trinajstić information content (AvgIpc) is 3.24. The Hall–Kier alpha value is -1.81. The van der Waals surface area contributed by atoms with Crippen molar-refractivity contribution in [3.05, 3.63) is 36.5 Å². The molecule has 0 spiro atoms. The Morgan fingerprint density at radius 2 is 0.902 bits per heavy atom. The Bertz CT molecular complexity index is 1110. The normalized spacial score (nSPS) is 14.0. The highest BCUT2D eigenvalue weighted by Gasteiger charge is 2.27. The molecule has 11 heteroatoms. The molecule has 0 heterocycles. The number of hydrogen-bond acceptors (Lipinski definition) is 8. The van der Waals surface area contributed by atoms with E-state index in [9.17, 15) is 19.0 Å². The summed E-state index contributed by atoms with van der Waals surface area (Å²) >= 11 is 0. The van der Waals surface area contributed by atoms with E-state index in [4.69, 9.17) is 29.4 Å². The summed E-state index contributed by atoms with van der Waals surface area (Å²) in [5, 5.41) is 8.92. The van der Waals surface area contributed by atoms with Gasteiger partial charge in [-0.3, -0.25) is 18.6 Å². The van der Waals surface area contributed by atoms with Crippen LogP contribution in [0.5, 0.6) is 0 Å². The van der Waals surface area contributed by atoms with Gasteiger partial charge in [-0.05, 0) is 51.4 Å². The van der Waals surface area contributed by atoms with E-state index in [-0.39, 0.29) is 13.0 Å². The number of ether oxygens (including phenoxy) is 2. The first-order chi connectivity index (χ1) is 29.7. The first kappa shape index (κ1) is 59.2. The molecular formula is C50H94NO9P. The second kappa shape index (κ2) is 46.2. The molecule has 10 nitrogen and oxygen atoms in total. The van der Waals surface area contributed by atoms with E-state index in [0.29, 0.717) is 13.0 Å². The summed E-state index contributed by atoms with van der Waals surface area (Å²) in [4.78, 5) is 33.6. The zero-order valence-corrected chi connectivity index (χ0v) is 40.2. The Labute approximate surface area is 374 Å². The van der Waals surface area contributed by atoms with Crippen molar-refractivity contribution in [2.45, 2.75) is 244 Å². The van der Waals surface area contributed by atoms with Gasteiger partial charge in [0, 0.05) is 13.0 Å². The lowest BCUT2D eigenvalue weighted by atomic mass is 10.0. The molecule has 3 unspecified atom stereocenters. The van der Waals surface area contributed by atoms with E-state index in [0.717, 1.165) is 51.4 Å². The van der Waals surface area contributed by atoms with Crippen LogP contribution >= 0.6 is 7.82 Å². The molecular weight excluding hydrogens is 790 g/mol. The monoisotopic (exact) mass is 884 g/mol. The summed E-state index contributed by atoms with van der Waals surface area (Å²) in [7, 11) is -4.62. The van der Waals surface area contributed by atoms with Gasteiger partial charge in [0.05, 0.1) is 19.8 Å². The van der Waals surface area contributed by atoms with Crippen molar-refractivity contribution in [2.24, 2.45) is 5.73 Å². The van der Waals surface area contributed by atoms with Gasteiger partial charge in [-0.25, -0.2) is 4.57 Å². The maximum absolute atomic E-state index is 12.7. The highest BCUT2D eigenvalue weighted by molar-refractivity contribution is 7.47. The van der Waals surface area contributed by atoms with Gasteiger partial charge in [-0.15, -0.1) is 0 Å². The number of nitrogens with two attached hydrogens (primary N) is 1. The number of phosphoric acid groups is 1. The summed E-state index contributed by atoms with van der Waals surface area (Å²) in [6.45, 7) is 3.89. The van der Waals surface area contributed by atoms with Crippen LogP contribution in [0.4, 0.5) is 0 Å². The van der Waals surface area contributed by atoms with Crippen LogP contribution in [0, 0.1) is 0 Å². The first-order valence-electron chi connectivity index (χ1n) is 25.0. The van der Waals surface area contributed by atoms with Crippen LogP contribution in [0.15, 0.2) is 36.5 Å². The van der Waals surface area contributed by atoms with Crippen LogP contribution in [-0.2, 0) is 32.7 Å². The minimum absolute atomic E-state index is 0.0160. The number of carbonyl (C=O) groups excluding carboxylic acids is 1. The van der Waals surface area contributed by atoms with Crippen molar-refractivity contribution in [1.29, 1.82) is 0 Å². The van der Waals surface area contributed by atoms with Crippen LogP contribution in [0.3, 0.4) is 0 Å². The van der Waals surface area contributed by atoms with Crippen LogP contribution < -0.4 is 5.73 Å². The van der Waals surface area contributed by atoms with Crippen molar-refractivity contribution in [3.8, 4) is 0 Å². The number of allylic oxidation sites excluding steroid dienone is 6. The fraction of sp³-hybridized carbons (Fsp3) is 0.840. The van der Waals surface area contributed by atoms with Gasteiger partial charge < -0.3 is 25.2 Å². The second-order valence-corrected chi connectivity index (χ2v) is 18.4. The minimum atomic E-state index is -4.62. The third-order valence-electron chi connectivity index (χ3n) is 10.9. The number of esters is 1. The smallest absolute Gasteiger partial charge is 0.472 e. The summed E-state index contributed by atoms with van der Waals surface area (Å²) in [5.41, 5.74) is 5.37. The van der Waals surface area contributed by atoms with Gasteiger partial charge in [-0.1, -0.05) is 211 Å². The number of rotatable bonds is 48. The van der Waals surface area contributed by atoms with Crippen molar-refractivity contribution < 1.29 is 42.7 Å². The summed E-state index contributed by atoms with van der Waals surface area (Å²) in [6.07, 6.45) is 53.4. The molecule has 0 fully saturated rings. The molecule has 0 amide bonds. The van der Waals surface area contributed by atoms with E-state index in [1.165, 1.54) is 154 Å². The van der Waals surface area contributed by atoms with E-state index in [2.05, 4.69) is 50.3 Å². The van der Waals surface area contributed by atoms with Gasteiger partial charge in [-0.2, -0.15) is 0 Å². The van der Waals surface area contributed by atoms with E-state index in [1.54, 1.807) is 0 Å². The number of carboxylic acids is 1. The minimum Gasteiger partial charge on any atom is -0.480 e. The zero-order valence-electron chi connectivity index (χ0n) is 39.3. The Balaban J connectivity index is 4.12. The van der Waals surface area contributed by atoms with Gasteiger partial charge in [0.15, 0.2) is 0 Å². The SMILES string of the molecule is CCCCCCC/C=C\C/C=C\C/C=C\CCCCCCCCCCCOCC(COP(=O)(O)OCC(N)C(=O)O)OC(=O)CCCCCCCCCCCCCCCCC. The van der Waals surface area contributed by atoms with Crippen LogP contribution in [0.2, 0.25) is 0 Å². The van der Waals surface area contributed by atoms with Crippen LogP contribution in [0.25, 0.3) is 0 Å². The highest BCUT2D eigenvalue weighted by Crippen LogP contribution is 2.43. The number of hydrogen-bond donors (Lipinski definition) is 3. The first-order valence-corrected chi connectivity index (χ1v) is 26.5. The van der Waals surface area contributed by atoms with Crippen molar-refractivity contribution in [3.63, 3.8) is 0 Å². The molecule has 0 saturated heterocycles. The number of carbonyl (C=O) groups is 2. The van der Waals surface area contributed by atoms with E-state index in [1.807, 2.05) is 0 Å². The number of unbranched alkanes of at least 4 members (excludes halogenated alkanes) is 28. The Morgan fingerprint density at radius 3 is 1.34 bits per heavy atom. The molecule has 0 aliphatic carbocycles. The maximum Gasteiger partial charge on any atom is 0.472 e. The molecule has 4 N–H and O–H groups in total. The fourth-order valence-corrected chi connectivity index (χ4v) is 7.80. The molecule has 358 valence electrons. The fourth-order valence-electron chi connectivity index (χ4n) is 7.02. The van der Waals surface area contributed by atoms with Gasteiger partial charge in [0.1, 0.15) is 12.1 Å². The molecule has 0 radical (unpaired) electrons. The molecule has 0 rings (SSSR count). The number of aliphatic carboxylic acids is 1. The van der Waals surface area contributed by atoms with E-state index >= 15 is 0 Å². The summed E-state index contributed by atoms with van der Waals surface area (Å²) in [5.74, 6) is -1.77. The maximum atomic E-state index is 12.7. The quantitative estimate of drug-likeness (QED) is 0.0233. The molecule has 0 bridgehead atoms. The largest absolute Gasteiger partial charge is 0.480 e.